The number of ether oxygens (including phenoxy) is 1. The van der Waals surface area contributed by atoms with Crippen molar-refractivity contribution >= 4 is 0 Å². The van der Waals surface area contributed by atoms with Crippen molar-refractivity contribution in [2.75, 3.05) is 0 Å². The second-order valence-corrected chi connectivity index (χ2v) is 3.04. The summed E-state index contributed by atoms with van der Waals surface area (Å²) in [6.07, 6.45) is -0.818. The Morgan fingerprint density at radius 1 is 1.30 bits per heavy atom. The first-order valence-corrected chi connectivity index (χ1v) is 3.63. The molecule has 0 aromatic rings. The number of aliphatic hydroxyl groups is 2. The summed E-state index contributed by atoms with van der Waals surface area (Å²) in [6, 6.07) is 0. The highest BCUT2D eigenvalue weighted by molar-refractivity contribution is 4.75. The van der Waals surface area contributed by atoms with Crippen LogP contribution in [0.1, 0.15) is 20.3 Å². The molecule has 0 radical (unpaired) electrons. The van der Waals surface area contributed by atoms with Gasteiger partial charge in [-0.3, -0.25) is 0 Å². The molecule has 0 aromatic carbocycles. The van der Waals surface area contributed by atoms with E-state index in [-0.39, 0.29) is 12.0 Å². The lowest BCUT2D eigenvalue weighted by Gasteiger charge is -2.33. The first-order valence-electron chi connectivity index (χ1n) is 3.63. The van der Waals surface area contributed by atoms with E-state index >= 15 is 0 Å². The van der Waals surface area contributed by atoms with Crippen LogP contribution in [0, 0.1) is 5.92 Å². The summed E-state index contributed by atoms with van der Waals surface area (Å²) < 4.78 is 4.97. The number of aliphatic hydroxyl groups excluding tert-OH is 2. The minimum Gasteiger partial charge on any atom is -0.388 e. The molecule has 1 aliphatic rings. The molecule has 3 heteroatoms. The molecule has 0 unspecified atom stereocenters. The minimum absolute atomic E-state index is 0.0633. The van der Waals surface area contributed by atoms with Crippen molar-refractivity contribution in [2.24, 2.45) is 5.92 Å². The quantitative estimate of drug-likeness (QED) is 0.510. The number of hydrogen-bond acceptors (Lipinski definition) is 3. The van der Waals surface area contributed by atoms with Gasteiger partial charge in [-0.05, 0) is 19.3 Å². The molecule has 0 saturated carbocycles. The number of hydrogen-bond donors (Lipinski definition) is 2. The third kappa shape index (κ3) is 1.48. The molecule has 0 bridgehead atoms. The van der Waals surface area contributed by atoms with Crippen LogP contribution in [-0.2, 0) is 4.74 Å². The van der Waals surface area contributed by atoms with E-state index in [1.165, 1.54) is 0 Å². The van der Waals surface area contributed by atoms with Crippen LogP contribution >= 0.6 is 0 Å². The zero-order valence-corrected chi connectivity index (χ0v) is 6.32. The van der Waals surface area contributed by atoms with Crippen LogP contribution in [0.5, 0.6) is 0 Å². The summed E-state index contributed by atoms with van der Waals surface area (Å²) in [5.74, 6) is 0.138. The third-order valence-electron chi connectivity index (χ3n) is 1.95. The summed E-state index contributed by atoms with van der Waals surface area (Å²) in [7, 11) is 0. The predicted molar refractivity (Wildman–Crippen MR) is 36.3 cm³/mol. The summed E-state index contributed by atoms with van der Waals surface area (Å²) in [4.78, 5) is 0. The normalized spacial score (nSPS) is 49.2. The van der Waals surface area contributed by atoms with Gasteiger partial charge in [0.05, 0.1) is 6.10 Å². The van der Waals surface area contributed by atoms with Gasteiger partial charge in [-0.25, -0.2) is 0 Å². The van der Waals surface area contributed by atoms with E-state index in [1.807, 2.05) is 13.8 Å². The monoisotopic (exact) mass is 146 g/mol. The van der Waals surface area contributed by atoms with Crippen LogP contribution in [-0.4, -0.2) is 28.7 Å². The molecule has 1 fully saturated rings. The van der Waals surface area contributed by atoms with Gasteiger partial charge in [0, 0.05) is 0 Å². The predicted octanol–water partition coefficient (Wildman–Crippen LogP) is 0.111. The Morgan fingerprint density at radius 3 is 2.40 bits per heavy atom. The summed E-state index contributed by atoms with van der Waals surface area (Å²) in [6.45, 7) is 3.80. The Bertz CT molecular complexity index is 103. The van der Waals surface area contributed by atoms with Crippen LogP contribution in [0.3, 0.4) is 0 Å². The van der Waals surface area contributed by atoms with Gasteiger partial charge >= 0.3 is 0 Å². The van der Waals surface area contributed by atoms with Gasteiger partial charge in [-0.1, -0.05) is 6.92 Å². The van der Waals surface area contributed by atoms with Gasteiger partial charge in [0.2, 0.25) is 0 Å². The summed E-state index contributed by atoms with van der Waals surface area (Å²) in [5, 5.41) is 18.2. The molecule has 10 heavy (non-hydrogen) atoms. The molecule has 0 amide bonds. The summed E-state index contributed by atoms with van der Waals surface area (Å²) >= 11 is 0. The second-order valence-electron chi connectivity index (χ2n) is 3.04. The molecular formula is C7H14O3. The molecule has 0 spiro atoms. The van der Waals surface area contributed by atoms with Gasteiger partial charge in [0.25, 0.3) is 0 Å². The zero-order valence-electron chi connectivity index (χ0n) is 6.32. The van der Waals surface area contributed by atoms with Crippen molar-refractivity contribution in [3.8, 4) is 0 Å². The van der Waals surface area contributed by atoms with Crippen molar-refractivity contribution in [3.63, 3.8) is 0 Å². The topological polar surface area (TPSA) is 49.7 Å². The van der Waals surface area contributed by atoms with Crippen LogP contribution in [0.25, 0.3) is 0 Å². The van der Waals surface area contributed by atoms with E-state index in [9.17, 15) is 5.11 Å². The molecule has 2 N–H and O–H groups in total. The Morgan fingerprint density at radius 2 is 1.90 bits per heavy atom. The maximum absolute atomic E-state index is 9.19. The largest absolute Gasteiger partial charge is 0.388 e. The van der Waals surface area contributed by atoms with Crippen molar-refractivity contribution in [1.82, 2.24) is 0 Å². The first-order chi connectivity index (χ1) is 4.61. The zero-order chi connectivity index (χ0) is 7.72. The molecule has 1 rings (SSSR count). The van der Waals surface area contributed by atoms with E-state index < -0.39 is 12.4 Å². The first kappa shape index (κ1) is 7.98. The van der Waals surface area contributed by atoms with Crippen molar-refractivity contribution in [1.29, 1.82) is 0 Å². The average molecular weight is 146 g/mol. The van der Waals surface area contributed by atoms with E-state index in [1.54, 1.807) is 0 Å². The van der Waals surface area contributed by atoms with Gasteiger partial charge in [-0.2, -0.15) is 0 Å². The van der Waals surface area contributed by atoms with E-state index in [2.05, 4.69) is 0 Å². The highest BCUT2D eigenvalue weighted by atomic mass is 16.6. The maximum Gasteiger partial charge on any atom is 0.181 e. The molecule has 1 saturated heterocycles. The average Bonchev–Trinajstić information content (AvgIpc) is 1.82. The molecule has 1 aliphatic heterocycles. The smallest absolute Gasteiger partial charge is 0.181 e. The molecule has 1 heterocycles. The minimum atomic E-state index is -0.987. The van der Waals surface area contributed by atoms with Crippen LogP contribution in [0.4, 0.5) is 0 Å². The second kappa shape index (κ2) is 2.86. The molecule has 60 valence electrons. The molecule has 0 aliphatic carbocycles. The lowest BCUT2D eigenvalue weighted by atomic mass is 9.95. The van der Waals surface area contributed by atoms with Gasteiger partial charge < -0.3 is 14.9 Å². The fourth-order valence-electron chi connectivity index (χ4n) is 1.32. The van der Waals surface area contributed by atoms with Crippen molar-refractivity contribution in [3.05, 3.63) is 0 Å². The van der Waals surface area contributed by atoms with E-state index in [0.717, 1.165) is 6.42 Å². The Kier molecular flexibility index (Phi) is 2.28. The SMILES string of the molecule is C[C@@H]1C[C@H](C)O[C@@H](O)[C@H]1O. The fraction of sp³-hybridized carbons (Fsp3) is 1.00. The third-order valence-corrected chi connectivity index (χ3v) is 1.95. The van der Waals surface area contributed by atoms with Gasteiger partial charge in [-0.15, -0.1) is 0 Å². The van der Waals surface area contributed by atoms with Crippen LogP contribution in [0.2, 0.25) is 0 Å². The Hall–Kier alpha value is -0.120. The van der Waals surface area contributed by atoms with E-state index in [0.29, 0.717) is 0 Å². The van der Waals surface area contributed by atoms with Crippen LogP contribution in [0.15, 0.2) is 0 Å². The van der Waals surface area contributed by atoms with Gasteiger partial charge in [0.1, 0.15) is 6.10 Å². The van der Waals surface area contributed by atoms with E-state index in [4.69, 9.17) is 9.84 Å². The van der Waals surface area contributed by atoms with Crippen molar-refractivity contribution in [2.45, 2.75) is 38.8 Å². The standard InChI is InChI=1S/C7H14O3/c1-4-3-5(2)10-7(9)6(4)8/h4-9H,3H2,1-2H3/t4-,5+,6+,7-/m1/s1. The Balaban J connectivity index is 2.49. The highest BCUT2D eigenvalue weighted by Gasteiger charge is 2.31. The lowest BCUT2D eigenvalue weighted by Crippen LogP contribution is -2.42. The maximum atomic E-state index is 9.19. The summed E-state index contributed by atoms with van der Waals surface area (Å²) in [5.41, 5.74) is 0. The van der Waals surface area contributed by atoms with Gasteiger partial charge in [0.15, 0.2) is 6.29 Å². The number of rotatable bonds is 0. The molecule has 0 aromatic heterocycles. The fourth-order valence-corrected chi connectivity index (χ4v) is 1.32. The van der Waals surface area contributed by atoms with Crippen LogP contribution < -0.4 is 0 Å². The van der Waals surface area contributed by atoms with Crippen molar-refractivity contribution < 1.29 is 14.9 Å². The Labute approximate surface area is 60.6 Å². The highest BCUT2D eigenvalue weighted by Crippen LogP contribution is 2.23. The molecule has 3 nitrogen and oxygen atoms in total. The lowest BCUT2D eigenvalue weighted by molar-refractivity contribution is -0.227. The molecule has 4 atom stereocenters. The molecular weight excluding hydrogens is 132 g/mol.